The van der Waals surface area contributed by atoms with Gasteiger partial charge in [-0.05, 0) is 26.0 Å². The van der Waals surface area contributed by atoms with E-state index in [0.29, 0.717) is 5.75 Å². The Bertz CT molecular complexity index is 580. The molecule has 0 bridgehead atoms. The summed E-state index contributed by atoms with van der Waals surface area (Å²) < 4.78 is 10.3. The number of rotatable bonds is 5. The van der Waals surface area contributed by atoms with Crippen molar-refractivity contribution in [2.75, 3.05) is 12.4 Å². The second-order valence-electron chi connectivity index (χ2n) is 4.23. The van der Waals surface area contributed by atoms with Crippen LogP contribution in [-0.4, -0.2) is 34.3 Å². The molecule has 0 aliphatic carbocycles. The highest BCUT2D eigenvalue weighted by atomic mass is 16.5. The third kappa shape index (κ3) is 3.47. The molecule has 1 aromatic heterocycles. The van der Waals surface area contributed by atoms with Crippen LogP contribution in [0.5, 0.6) is 11.8 Å². The van der Waals surface area contributed by atoms with Crippen molar-refractivity contribution in [2.24, 2.45) is 0 Å². The summed E-state index contributed by atoms with van der Waals surface area (Å²) in [6.45, 7) is 3.64. The van der Waals surface area contributed by atoms with Crippen LogP contribution in [0.15, 0.2) is 24.3 Å². The summed E-state index contributed by atoms with van der Waals surface area (Å²) in [5.74, 6) is 0.518. The van der Waals surface area contributed by atoms with Crippen LogP contribution in [-0.2, 0) is 4.79 Å². The van der Waals surface area contributed by atoms with Gasteiger partial charge in [0.25, 0.3) is 5.91 Å². The molecule has 2 N–H and O–H groups in total. The number of aromatic nitrogens is 3. The van der Waals surface area contributed by atoms with Crippen LogP contribution < -0.4 is 14.8 Å². The minimum Gasteiger partial charge on any atom is -0.481 e. The third-order valence-electron chi connectivity index (χ3n) is 2.59. The molecule has 1 unspecified atom stereocenters. The maximum absolute atomic E-state index is 11.9. The number of amides is 1. The van der Waals surface area contributed by atoms with Gasteiger partial charge in [-0.2, -0.15) is 4.98 Å². The molecule has 2 aromatic rings. The van der Waals surface area contributed by atoms with Gasteiger partial charge in [-0.25, -0.2) is 5.10 Å². The summed E-state index contributed by atoms with van der Waals surface area (Å²) in [7, 11) is 1.44. The Labute approximate surface area is 116 Å². The maximum Gasteiger partial charge on any atom is 0.336 e. The fourth-order valence-corrected chi connectivity index (χ4v) is 1.49. The molecule has 1 atom stereocenters. The van der Waals surface area contributed by atoms with E-state index in [0.717, 1.165) is 5.56 Å². The predicted octanol–water partition coefficient (Wildman–Crippen LogP) is 1.53. The zero-order valence-electron chi connectivity index (χ0n) is 11.5. The van der Waals surface area contributed by atoms with Crippen molar-refractivity contribution in [2.45, 2.75) is 20.0 Å². The quantitative estimate of drug-likeness (QED) is 0.864. The molecule has 0 aliphatic rings. The number of nitrogens with one attached hydrogen (secondary N) is 2. The van der Waals surface area contributed by atoms with Crippen molar-refractivity contribution in [1.29, 1.82) is 0 Å². The summed E-state index contributed by atoms with van der Waals surface area (Å²) >= 11 is 0. The molecule has 1 aromatic carbocycles. The van der Waals surface area contributed by atoms with E-state index in [1.165, 1.54) is 7.11 Å². The lowest BCUT2D eigenvalue weighted by Gasteiger charge is -2.13. The number of hydrogen-bond donors (Lipinski definition) is 2. The van der Waals surface area contributed by atoms with Gasteiger partial charge in [-0.3, -0.25) is 10.1 Å². The van der Waals surface area contributed by atoms with Crippen molar-refractivity contribution in [3.05, 3.63) is 29.8 Å². The van der Waals surface area contributed by atoms with Gasteiger partial charge in [-0.1, -0.05) is 17.7 Å². The molecule has 0 spiro atoms. The smallest absolute Gasteiger partial charge is 0.336 e. The van der Waals surface area contributed by atoms with Gasteiger partial charge in [0.15, 0.2) is 6.10 Å². The maximum atomic E-state index is 11.9. The molecule has 20 heavy (non-hydrogen) atoms. The standard InChI is InChI=1S/C13H16N4O3/c1-8-4-6-10(7-5-8)20-9(2)11(18)14-12-15-13(19-3)17-16-12/h4-7,9H,1-3H3,(H2,14,15,16,17,18). The number of carbonyl (C=O) groups is 1. The summed E-state index contributed by atoms with van der Waals surface area (Å²) in [5, 5.41) is 8.82. The summed E-state index contributed by atoms with van der Waals surface area (Å²) in [6, 6.07) is 7.63. The van der Waals surface area contributed by atoms with E-state index in [1.54, 1.807) is 6.92 Å². The van der Waals surface area contributed by atoms with Crippen LogP contribution in [0.2, 0.25) is 0 Å². The van der Waals surface area contributed by atoms with Crippen LogP contribution in [0.25, 0.3) is 0 Å². The molecular weight excluding hydrogens is 260 g/mol. The fraction of sp³-hybridized carbons (Fsp3) is 0.308. The zero-order valence-corrected chi connectivity index (χ0v) is 11.5. The average molecular weight is 276 g/mol. The van der Waals surface area contributed by atoms with Gasteiger partial charge in [0.05, 0.1) is 7.11 Å². The van der Waals surface area contributed by atoms with E-state index in [9.17, 15) is 4.79 Å². The van der Waals surface area contributed by atoms with Gasteiger partial charge in [-0.15, -0.1) is 5.10 Å². The highest BCUT2D eigenvalue weighted by Gasteiger charge is 2.16. The Morgan fingerprint density at radius 2 is 2.05 bits per heavy atom. The molecule has 7 nitrogen and oxygen atoms in total. The predicted molar refractivity (Wildman–Crippen MR) is 72.8 cm³/mol. The van der Waals surface area contributed by atoms with Gasteiger partial charge in [0.1, 0.15) is 5.75 Å². The Balaban J connectivity index is 1.93. The van der Waals surface area contributed by atoms with Gasteiger partial charge < -0.3 is 9.47 Å². The van der Waals surface area contributed by atoms with Gasteiger partial charge >= 0.3 is 6.01 Å². The van der Waals surface area contributed by atoms with E-state index in [1.807, 2.05) is 31.2 Å². The number of nitrogens with zero attached hydrogens (tertiary/aromatic N) is 2. The molecule has 0 fully saturated rings. The SMILES string of the molecule is COc1n[nH]c(NC(=O)C(C)Oc2ccc(C)cc2)n1. The highest BCUT2D eigenvalue weighted by molar-refractivity contribution is 5.92. The molecule has 0 aliphatic heterocycles. The first kappa shape index (κ1) is 13.9. The lowest BCUT2D eigenvalue weighted by molar-refractivity contribution is -0.122. The van der Waals surface area contributed by atoms with E-state index in [4.69, 9.17) is 9.47 Å². The number of carbonyl (C=O) groups excluding carboxylic acids is 1. The average Bonchev–Trinajstić information content (AvgIpc) is 2.89. The summed E-state index contributed by atoms with van der Waals surface area (Å²) in [6.07, 6.45) is -0.659. The normalized spacial score (nSPS) is 11.8. The summed E-state index contributed by atoms with van der Waals surface area (Å²) in [5.41, 5.74) is 1.13. The van der Waals surface area contributed by atoms with Crippen LogP contribution in [0, 0.1) is 6.92 Å². The van der Waals surface area contributed by atoms with Crippen molar-refractivity contribution < 1.29 is 14.3 Å². The van der Waals surface area contributed by atoms with Crippen molar-refractivity contribution in [3.63, 3.8) is 0 Å². The topological polar surface area (TPSA) is 89.1 Å². The minimum absolute atomic E-state index is 0.160. The van der Waals surface area contributed by atoms with Gasteiger partial charge in [0.2, 0.25) is 5.95 Å². The Hall–Kier alpha value is -2.57. The Kier molecular flexibility index (Phi) is 4.19. The van der Waals surface area contributed by atoms with E-state index in [-0.39, 0.29) is 17.9 Å². The number of aryl methyl sites for hydroxylation is 1. The number of ether oxygens (including phenoxy) is 2. The molecule has 0 saturated heterocycles. The summed E-state index contributed by atoms with van der Waals surface area (Å²) in [4.78, 5) is 15.8. The van der Waals surface area contributed by atoms with Crippen LogP contribution >= 0.6 is 0 Å². The monoisotopic (exact) mass is 276 g/mol. The minimum atomic E-state index is -0.659. The molecule has 0 saturated carbocycles. The number of benzene rings is 1. The van der Waals surface area contributed by atoms with Crippen molar-refractivity contribution in [1.82, 2.24) is 15.2 Å². The number of aromatic amines is 1. The lowest BCUT2D eigenvalue weighted by atomic mass is 10.2. The number of H-pyrrole nitrogens is 1. The van der Waals surface area contributed by atoms with Crippen LogP contribution in [0.1, 0.15) is 12.5 Å². The van der Waals surface area contributed by atoms with Crippen molar-refractivity contribution in [3.8, 4) is 11.8 Å². The number of methoxy groups -OCH3 is 1. The molecule has 7 heteroatoms. The van der Waals surface area contributed by atoms with Crippen LogP contribution in [0.3, 0.4) is 0 Å². The molecule has 2 rings (SSSR count). The fourth-order valence-electron chi connectivity index (χ4n) is 1.49. The Morgan fingerprint density at radius 1 is 1.35 bits per heavy atom. The first-order chi connectivity index (χ1) is 9.58. The zero-order chi connectivity index (χ0) is 14.5. The second-order valence-corrected chi connectivity index (χ2v) is 4.23. The third-order valence-corrected chi connectivity index (χ3v) is 2.59. The number of anilines is 1. The Morgan fingerprint density at radius 3 is 2.65 bits per heavy atom. The van der Waals surface area contributed by atoms with Gasteiger partial charge in [0, 0.05) is 0 Å². The molecule has 1 heterocycles. The first-order valence-corrected chi connectivity index (χ1v) is 6.09. The lowest BCUT2D eigenvalue weighted by Crippen LogP contribution is -2.30. The largest absolute Gasteiger partial charge is 0.481 e. The molecular formula is C13H16N4O3. The van der Waals surface area contributed by atoms with E-state index < -0.39 is 6.10 Å². The van der Waals surface area contributed by atoms with Crippen molar-refractivity contribution >= 4 is 11.9 Å². The number of hydrogen-bond acceptors (Lipinski definition) is 5. The second kappa shape index (κ2) is 6.05. The molecule has 0 radical (unpaired) electrons. The molecule has 106 valence electrons. The van der Waals surface area contributed by atoms with E-state index in [2.05, 4.69) is 20.5 Å². The van der Waals surface area contributed by atoms with E-state index >= 15 is 0 Å². The highest BCUT2D eigenvalue weighted by Crippen LogP contribution is 2.14. The van der Waals surface area contributed by atoms with Crippen LogP contribution in [0.4, 0.5) is 5.95 Å². The molecule has 1 amide bonds. The first-order valence-electron chi connectivity index (χ1n) is 6.09.